The molecule has 1 aromatic carbocycles. The number of nitrogens with one attached hydrogen (secondary N) is 1. The van der Waals surface area contributed by atoms with E-state index in [0.29, 0.717) is 0 Å². The molecule has 0 aliphatic rings. The third kappa shape index (κ3) is 4.56. The van der Waals surface area contributed by atoms with Crippen LogP contribution in [0.25, 0.3) is 0 Å². The van der Waals surface area contributed by atoms with E-state index in [1.165, 1.54) is 5.32 Å². The second-order valence-corrected chi connectivity index (χ2v) is 3.94. The molecule has 0 aromatic heterocycles. The summed E-state index contributed by atoms with van der Waals surface area (Å²) in [5.41, 5.74) is -4.45. The number of nitro benzene ring substituents is 1. The first-order chi connectivity index (χ1) is 9.81. The van der Waals surface area contributed by atoms with Crippen molar-refractivity contribution in [3.63, 3.8) is 0 Å². The third-order valence-electron chi connectivity index (χ3n) is 2.22. The Balaban J connectivity index is 3.26. The molecule has 0 radical (unpaired) electrons. The number of halogens is 7. The lowest BCUT2D eigenvalue weighted by Gasteiger charge is -2.12. The van der Waals surface area contributed by atoms with E-state index in [9.17, 15) is 45.6 Å². The molecule has 1 rings (SSSR count). The fraction of sp³-hybridized carbons (Fsp3) is 0.300. The number of rotatable bonds is 3. The molecule has 1 aromatic rings. The van der Waals surface area contributed by atoms with Crippen LogP contribution in [0.1, 0.15) is 12.0 Å². The smallest absolute Gasteiger partial charge is 0.320 e. The zero-order valence-corrected chi connectivity index (χ0v) is 10.2. The number of hydrogen-bond acceptors (Lipinski definition) is 3. The van der Waals surface area contributed by atoms with Gasteiger partial charge < -0.3 is 5.32 Å². The SMILES string of the molecule is O=C(CC(F)(F)F)Nc1cc(C(F)(F)F)c(F)cc1[N+](=O)[O-]. The van der Waals surface area contributed by atoms with Gasteiger partial charge in [0.05, 0.1) is 16.6 Å². The van der Waals surface area contributed by atoms with Gasteiger partial charge in [-0.15, -0.1) is 0 Å². The lowest BCUT2D eigenvalue weighted by Crippen LogP contribution is -2.22. The van der Waals surface area contributed by atoms with Crippen molar-refractivity contribution >= 4 is 17.3 Å². The van der Waals surface area contributed by atoms with Gasteiger partial charge in [-0.25, -0.2) is 4.39 Å². The van der Waals surface area contributed by atoms with Gasteiger partial charge in [0, 0.05) is 0 Å². The van der Waals surface area contributed by atoms with Crippen LogP contribution in [-0.2, 0) is 11.0 Å². The molecule has 0 heterocycles. The van der Waals surface area contributed by atoms with Gasteiger partial charge in [0.25, 0.3) is 5.69 Å². The van der Waals surface area contributed by atoms with E-state index in [4.69, 9.17) is 0 Å². The van der Waals surface area contributed by atoms with Crippen molar-refractivity contribution in [2.45, 2.75) is 18.8 Å². The number of nitro groups is 1. The van der Waals surface area contributed by atoms with Crippen LogP contribution in [0.4, 0.5) is 42.1 Å². The summed E-state index contributed by atoms with van der Waals surface area (Å²) in [5.74, 6) is -3.82. The summed E-state index contributed by atoms with van der Waals surface area (Å²) >= 11 is 0. The van der Waals surface area contributed by atoms with E-state index in [0.717, 1.165) is 0 Å². The highest BCUT2D eigenvalue weighted by atomic mass is 19.4. The number of carbonyl (C=O) groups is 1. The number of alkyl halides is 6. The minimum atomic E-state index is -5.25. The number of anilines is 1. The number of nitrogens with zero attached hydrogens (tertiary/aromatic N) is 1. The normalized spacial score (nSPS) is 12.1. The average molecular weight is 334 g/mol. The molecule has 0 aliphatic heterocycles. The summed E-state index contributed by atoms with van der Waals surface area (Å²) in [6, 6.07) is -0.270. The molecule has 0 spiro atoms. The Morgan fingerprint density at radius 1 is 1.18 bits per heavy atom. The largest absolute Gasteiger partial charge is 0.419 e. The van der Waals surface area contributed by atoms with E-state index >= 15 is 0 Å². The first kappa shape index (κ1) is 17.7. The Hall–Kier alpha value is -2.40. The maximum Gasteiger partial charge on any atom is 0.419 e. The van der Waals surface area contributed by atoms with Crippen molar-refractivity contribution < 1.29 is 40.5 Å². The van der Waals surface area contributed by atoms with E-state index in [2.05, 4.69) is 0 Å². The fourth-order valence-electron chi connectivity index (χ4n) is 1.41. The highest BCUT2D eigenvalue weighted by Gasteiger charge is 2.37. The number of hydrogen-bond donors (Lipinski definition) is 1. The highest BCUT2D eigenvalue weighted by Crippen LogP contribution is 2.37. The standard InChI is InChI=1S/C10H5F7N2O3/c11-5-2-7(19(21)22)6(1-4(5)10(15,16)17)18-8(20)3-9(12,13)14/h1-2H,3H2,(H,18,20). The molecule has 0 aliphatic carbocycles. The number of carbonyl (C=O) groups excluding carboxylic acids is 1. The van der Waals surface area contributed by atoms with Gasteiger partial charge in [0.2, 0.25) is 5.91 Å². The van der Waals surface area contributed by atoms with Crippen molar-refractivity contribution in [1.82, 2.24) is 0 Å². The summed E-state index contributed by atoms with van der Waals surface area (Å²) in [7, 11) is 0. The molecule has 122 valence electrons. The van der Waals surface area contributed by atoms with Crippen molar-refractivity contribution in [3.05, 3.63) is 33.6 Å². The molecule has 0 bridgehead atoms. The van der Waals surface area contributed by atoms with Crippen LogP contribution >= 0.6 is 0 Å². The van der Waals surface area contributed by atoms with E-state index < -0.39 is 52.4 Å². The molecule has 1 amide bonds. The quantitative estimate of drug-likeness (QED) is 0.521. The molecule has 0 atom stereocenters. The molecule has 0 saturated carbocycles. The van der Waals surface area contributed by atoms with E-state index in [1.807, 2.05) is 0 Å². The molecule has 0 saturated heterocycles. The monoisotopic (exact) mass is 334 g/mol. The Kier molecular flexibility index (Phi) is 4.63. The van der Waals surface area contributed by atoms with Gasteiger partial charge >= 0.3 is 12.4 Å². The number of amides is 1. The van der Waals surface area contributed by atoms with Gasteiger partial charge in [-0.05, 0) is 6.07 Å². The summed E-state index contributed by atoms with van der Waals surface area (Å²) < 4.78 is 86.5. The van der Waals surface area contributed by atoms with Gasteiger partial charge in [-0.1, -0.05) is 0 Å². The predicted molar refractivity (Wildman–Crippen MR) is 57.4 cm³/mol. The minimum Gasteiger partial charge on any atom is -0.320 e. The maximum absolute atomic E-state index is 13.2. The van der Waals surface area contributed by atoms with Crippen LogP contribution in [0.5, 0.6) is 0 Å². The zero-order valence-electron chi connectivity index (χ0n) is 10.2. The van der Waals surface area contributed by atoms with Gasteiger partial charge in [-0.2, -0.15) is 26.3 Å². The van der Waals surface area contributed by atoms with Crippen LogP contribution in [0.3, 0.4) is 0 Å². The summed E-state index contributed by atoms with van der Waals surface area (Å²) in [6.45, 7) is 0. The molecular weight excluding hydrogens is 329 g/mol. The van der Waals surface area contributed by atoms with E-state index in [1.54, 1.807) is 0 Å². The van der Waals surface area contributed by atoms with Crippen LogP contribution in [0, 0.1) is 15.9 Å². The average Bonchev–Trinajstić information content (AvgIpc) is 2.26. The van der Waals surface area contributed by atoms with Crippen LogP contribution in [0.2, 0.25) is 0 Å². The molecule has 22 heavy (non-hydrogen) atoms. The molecular formula is C10H5F7N2O3. The number of benzene rings is 1. The minimum absolute atomic E-state index is 0.133. The third-order valence-corrected chi connectivity index (χ3v) is 2.22. The first-order valence-electron chi connectivity index (χ1n) is 5.23. The zero-order chi connectivity index (χ0) is 17.3. The van der Waals surface area contributed by atoms with Crippen LogP contribution < -0.4 is 5.32 Å². The van der Waals surface area contributed by atoms with Crippen molar-refractivity contribution in [1.29, 1.82) is 0 Å². The second-order valence-electron chi connectivity index (χ2n) is 3.94. The topological polar surface area (TPSA) is 72.2 Å². The molecule has 0 unspecified atom stereocenters. The molecule has 0 fully saturated rings. The maximum atomic E-state index is 13.2. The Morgan fingerprint density at radius 2 is 1.73 bits per heavy atom. The second kappa shape index (κ2) is 5.77. The Labute approximate surface area is 116 Å². The van der Waals surface area contributed by atoms with Crippen molar-refractivity contribution in [2.24, 2.45) is 0 Å². The Bertz CT molecular complexity index is 610. The van der Waals surface area contributed by atoms with Crippen molar-refractivity contribution in [2.75, 3.05) is 5.32 Å². The van der Waals surface area contributed by atoms with Gasteiger partial charge in [-0.3, -0.25) is 14.9 Å². The molecule has 1 N–H and O–H groups in total. The first-order valence-corrected chi connectivity index (χ1v) is 5.23. The van der Waals surface area contributed by atoms with Gasteiger partial charge in [0.1, 0.15) is 17.9 Å². The highest BCUT2D eigenvalue weighted by molar-refractivity contribution is 5.93. The Morgan fingerprint density at radius 3 is 2.14 bits per heavy atom. The van der Waals surface area contributed by atoms with Crippen LogP contribution in [0.15, 0.2) is 12.1 Å². The predicted octanol–water partition coefficient (Wildman–Crippen LogP) is 3.64. The van der Waals surface area contributed by atoms with Gasteiger partial charge in [0.15, 0.2) is 0 Å². The molecule has 5 nitrogen and oxygen atoms in total. The lowest BCUT2D eigenvalue weighted by atomic mass is 10.1. The summed E-state index contributed by atoms with van der Waals surface area (Å²) in [4.78, 5) is 20.3. The molecule has 12 heteroatoms. The van der Waals surface area contributed by atoms with Crippen LogP contribution in [-0.4, -0.2) is 17.0 Å². The fourth-order valence-corrected chi connectivity index (χ4v) is 1.41. The lowest BCUT2D eigenvalue weighted by molar-refractivity contribution is -0.384. The summed E-state index contributed by atoms with van der Waals surface area (Å²) in [6.07, 6.45) is -12.3. The van der Waals surface area contributed by atoms with E-state index in [-0.39, 0.29) is 12.1 Å². The van der Waals surface area contributed by atoms with Crippen molar-refractivity contribution in [3.8, 4) is 0 Å². The summed E-state index contributed by atoms with van der Waals surface area (Å²) in [5, 5.41) is 11.9.